The Morgan fingerprint density at radius 3 is 2.33 bits per heavy atom. The maximum absolute atomic E-state index is 13.3. The van der Waals surface area contributed by atoms with Gasteiger partial charge in [-0.25, -0.2) is 4.79 Å². The Kier molecular flexibility index (Phi) is 7.97. The van der Waals surface area contributed by atoms with E-state index >= 15 is 0 Å². The van der Waals surface area contributed by atoms with Crippen LogP contribution in [0.25, 0.3) is 0 Å². The number of thiocarbonyl (C=S) groups is 1. The fourth-order valence-electron chi connectivity index (χ4n) is 3.61. The Balaban J connectivity index is 2.29. The Hall–Kier alpha value is -2.45. The molecule has 0 radical (unpaired) electrons. The number of nitrogens with one attached hydrogen (secondary N) is 2. The fourth-order valence-corrected chi connectivity index (χ4v) is 3.91. The summed E-state index contributed by atoms with van der Waals surface area (Å²) >= 11 is 5.51. The molecule has 1 aliphatic heterocycles. The van der Waals surface area contributed by atoms with Gasteiger partial charge in [-0.1, -0.05) is 63.3 Å². The first kappa shape index (κ1) is 23.8. The smallest absolute Gasteiger partial charge is 0.337 e. The van der Waals surface area contributed by atoms with Gasteiger partial charge < -0.3 is 10.4 Å². The summed E-state index contributed by atoms with van der Waals surface area (Å²) in [6, 6.07) is 7.62. The van der Waals surface area contributed by atoms with Crippen LogP contribution < -0.4 is 10.6 Å². The van der Waals surface area contributed by atoms with Gasteiger partial charge in [0.05, 0.1) is 12.1 Å². The van der Waals surface area contributed by atoms with Crippen molar-refractivity contribution in [2.75, 3.05) is 0 Å². The Morgan fingerprint density at radius 2 is 1.87 bits per heavy atom. The van der Waals surface area contributed by atoms with Crippen LogP contribution in [0.4, 0.5) is 0 Å². The zero-order valence-corrected chi connectivity index (χ0v) is 18.3. The molecule has 2 rings (SSSR count). The Morgan fingerprint density at radius 1 is 1.23 bits per heavy atom. The van der Waals surface area contributed by atoms with Crippen molar-refractivity contribution < 1.29 is 24.3 Å². The number of ketones is 2. The summed E-state index contributed by atoms with van der Waals surface area (Å²) in [7, 11) is 0. The molecule has 30 heavy (non-hydrogen) atoms. The van der Waals surface area contributed by atoms with Crippen LogP contribution in [0.5, 0.6) is 0 Å². The molecule has 1 aromatic rings. The Bertz CT molecular complexity index is 839. The average Bonchev–Trinajstić information content (AvgIpc) is 3.13. The highest BCUT2D eigenvalue weighted by Crippen LogP contribution is 2.26. The van der Waals surface area contributed by atoms with E-state index in [1.165, 1.54) is 0 Å². The highest BCUT2D eigenvalue weighted by Gasteiger charge is 2.54. The highest BCUT2D eigenvalue weighted by atomic mass is 32.1. The molecule has 0 aromatic heterocycles. The van der Waals surface area contributed by atoms with Gasteiger partial charge in [-0.05, 0) is 17.9 Å². The van der Waals surface area contributed by atoms with Gasteiger partial charge in [-0.15, -0.1) is 0 Å². The number of carbonyl (C=O) groups is 4. The summed E-state index contributed by atoms with van der Waals surface area (Å²) < 4.78 is 0. The first-order valence-corrected chi connectivity index (χ1v) is 10.5. The predicted octanol–water partition coefficient (Wildman–Crippen LogP) is 2.06. The maximum Gasteiger partial charge on any atom is 0.337 e. The molecular formula is C22H28N2O5S. The van der Waals surface area contributed by atoms with Crippen LogP contribution in [0.3, 0.4) is 0 Å². The zero-order valence-electron chi connectivity index (χ0n) is 17.4. The Labute approximate surface area is 181 Å². The van der Waals surface area contributed by atoms with Crippen molar-refractivity contribution in [3.05, 3.63) is 35.9 Å². The maximum atomic E-state index is 13.3. The van der Waals surface area contributed by atoms with E-state index in [2.05, 4.69) is 10.6 Å². The summed E-state index contributed by atoms with van der Waals surface area (Å²) in [5.41, 5.74) is -1.15. The lowest BCUT2D eigenvalue weighted by atomic mass is 9.83. The number of aliphatic carboxylic acids is 1. The summed E-state index contributed by atoms with van der Waals surface area (Å²) in [5, 5.41) is 15.1. The number of hydrogen-bond donors (Lipinski definition) is 3. The molecular weight excluding hydrogens is 404 g/mol. The van der Waals surface area contributed by atoms with Crippen molar-refractivity contribution in [1.29, 1.82) is 0 Å². The molecule has 1 unspecified atom stereocenters. The van der Waals surface area contributed by atoms with Gasteiger partial charge in [0.25, 0.3) is 0 Å². The minimum absolute atomic E-state index is 0.0295. The van der Waals surface area contributed by atoms with Gasteiger partial charge in [0.1, 0.15) is 5.78 Å². The summed E-state index contributed by atoms with van der Waals surface area (Å²) in [5.74, 6) is -2.92. The lowest BCUT2D eigenvalue weighted by molar-refractivity contribution is -0.151. The normalized spacial score (nSPS) is 20.5. The molecule has 0 aliphatic carbocycles. The van der Waals surface area contributed by atoms with Gasteiger partial charge in [0.2, 0.25) is 5.91 Å². The molecule has 3 N–H and O–H groups in total. The largest absolute Gasteiger partial charge is 0.479 e. The van der Waals surface area contributed by atoms with E-state index in [-0.39, 0.29) is 37.4 Å². The van der Waals surface area contributed by atoms with Gasteiger partial charge in [0.15, 0.2) is 11.3 Å². The van der Waals surface area contributed by atoms with Crippen molar-refractivity contribution in [1.82, 2.24) is 10.6 Å². The van der Waals surface area contributed by atoms with E-state index in [4.69, 9.17) is 12.2 Å². The first-order valence-electron chi connectivity index (χ1n) is 10.1. The topological polar surface area (TPSA) is 113 Å². The first-order chi connectivity index (χ1) is 14.1. The molecule has 0 saturated carbocycles. The number of amides is 1. The predicted molar refractivity (Wildman–Crippen MR) is 116 cm³/mol. The van der Waals surface area contributed by atoms with Crippen LogP contribution in [0, 0.1) is 5.92 Å². The van der Waals surface area contributed by atoms with Gasteiger partial charge in [0, 0.05) is 24.1 Å². The standard InChI is InChI=1S/C22H28N2O5S/c1-4-16(25)15(12-17(30)14-8-6-5-7-9-14)23-19(13(2)3)20(27)22(21(28)29)11-10-18(26)24-22/h5-9,13,15,19,23H,4,10-12H2,1-3H3,(H,24,26)(H,28,29)/t15?,19-,22+/m0/s1. The zero-order chi connectivity index (χ0) is 22.5. The highest BCUT2D eigenvalue weighted by molar-refractivity contribution is 7.80. The van der Waals surface area contributed by atoms with E-state index in [0.717, 1.165) is 5.56 Å². The molecule has 0 bridgehead atoms. The van der Waals surface area contributed by atoms with Gasteiger partial charge in [-0.2, -0.15) is 0 Å². The molecule has 0 spiro atoms. The molecule has 162 valence electrons. The van der Waals surface area contributed by atoms with Crippen LogP contribution in [-0.4, -0.2) is 51.0 Å². The lowest BCUT2D eigenvalue weighted by Crippen LogP contribution is -2.63. The van der Waals surface area contributed by atoms with E-state index in [0.29, 0.717) is 4.86 Å². The van der Waals surface area contributed by atoms with Crippen LogP contribution >= 0.6 is 12.2 Å². The molecule has 1 saturated heterocycles. The van der Waals surface area contributed by atoms with Crippen LogP contribution in [0.2, 0.25) is 0 Å². The van der Waals surface area contributed by atoms with Crippen molar-refractivity contribution in [2.45, 2.75) is 64.1 Å². The van der Waals surface area contributed by atoms with Crippen molar-refractivity contribution in [2.24, 2.45) is 5.92 Å². The van der Waals surface area contributed by atoms with E-state index in [9.17, 15) is 24.3 Å². The second-order valence-corrected chi connectivity index (χ2v) is 8.37. The second-order valence-electron chi connectivity index (χ2n) is 7.88. The van der Waals surface area contributed by atoms with E-state index in [1.54, 1.807) is 20.8 Å². The van der Waals surface area contributed by atoms with Crippen LogP contribution in [-0.2, 0) is 19.2 Å². The number of carboxylic acids is 1. The van der Waals surface area contributed by atoms with E-state index in [1.807, 2.05) is 30.3 Å². The van der Waals surface area contributed by atoms with Crippen LogP contribution in [0.15, 0.2) is 30.3 Å². The lowest BCUT2D eigenvalue weighted by Gasteiger charge is -2.32. The molecule has 1 amide bonds. The SMILES string of the molecule is CCC(=O)C(CC(=S)c1ccccc1)N[C@H](C(=O)[C@@]1(C(=O)O)CCC(=O)N1)C(C)C. The third kappa shape index (κ3) is 5.17. The number of benzene rings is 1. The average molecular weight is 433 g/mol. The molecule has 3 atom stereocenters. The minimum atomic E-state index is -1.97. The number of Topliss-reactive ketones (excluding diaryl/α,β-unsaturated/α-hetero) is 2. The third-order valence-corrected chi connectivity index (χ3v) is 5.82. The fraction of sp³-hybridized carbons (Fsp3) is 0.500. The minimum Gasteiger partial charge on any atom is -0.479 e. The van der Waals surface area contributed by atoms with Crippen molar-refractivity contribution in [3.63, 3.8) is 0 Å². The third-order valence-electron chi connectivity index (χ3n) is 5.42. The number of rotatable bonds is 11. The van der Waals surface area contributed by atoms with Crippen molar-refractivity contribution in [3.8, 4) is 0 Å². The number of hydrogen-bond acceptors (Lipinski definition) is 6. The second kappa shape index (κ2) is 10.0. The molecule has 1 aliphatic rings. The molecule has 1 fully saturated rings. The van der Waals surface area contributed by atoms with E-state index < -0.39 is 35.3 Å². The summed E-state index contributed by atoms with van der Waals surface area (Å²) in [6.07, 6.45) is 0.321. The molecule has 8 heteroatoms. The molecule has 7 nitrogen and oxygen atoms in total. The monoisotopic (exact) mass is 432 g/mol. The summed E-state index contributed by atoms with van der Waals surface area (Å²) in [4.78, 5) is 50.1. The number of carbonyl (C=O) groups excluding carboxylic acids is 3. The quantitative estimate of drug-likeness (QED) is 0.279. The molecule has 1 aromatic carbocycles. The van der Waals surface area contributed by atoms with Gasteiger partial charge >= 0.3 is 5.97 Å². The van der Waals surface area contributed by atoms with Crippen molar-refractivity contribution >= 4 is 40.5 Å². The van der Waals surface area contributed by atoms with Gasteiger partial charge in [-0.3, -0.25) is 19.7 Å². The number of carboxylic acid groups (broad SMARTS) is 1. The van der Waals surface area contributed by atoms with Crippen LogP contribution in [0.1, 0.15) is 52.0 Å². The molecule has 1 heterocycles. The summed E-state index contributed by atoms with van der Waals surface area (Å²) in [6.45, 7) is 5.26.